The Bertz CT molecular complexity index is 345. The van der Waals surface area contributed by atoms with Crippen LogP contribution in [0.1, 0.15) is 31.5 Å². The zero-order valence-corrected chi connectivity index (χ0v) is 11.2. The molecule has 1 fully saturated rings. The molecule has 4 heteroatoms. The molecule has 0 aliphatic carbocycles. The van der Waals surface area contributed by atoms with Gasteiger partial charge < -0.3 is 5.32 Å². The lowest BCUT2D eigenvalue weighted by Gasteiger charge is -2.41. The van der Waals surface area contributed by atoms with Gasteiger partial charge in [-0.2, -0.15) is 5.10 Å². The van der Waals surface area contributed by atoms with Gasteiger partial charge in [-0.1, -0.05) is 6.92 Å². The lowest BCUT2D eigenvalue weighted by Crippen LogP contribution is -2.42. The molecule has 1 N–H and O–H groups in total. The van der Waals surface area contributed by atoms with E-state index in [1.165, 1.54) is 25.1 Å². The summed E-state index contributed by atoms with van der Waals surface area (Å²) in [6.07, 6.45) is 4.54. The van der Waals surface area contributed by atoms with E-state index < -0.39 is 0 Å². The van der Waals surface area contributed by atoms with Crippen molar-refractivity contribution < 1.29 is 0 Å². The van der Waals surface area contributed by atoms with Crippen LogP contribution < -0.4 is 5.32 Å². The van der Waals surface area contributed by atoms with E-state index in [9.17, 15) is 0 Å². The Morgan fingerprint density at radius 3 is 2.94 bits per heavy atom. The van der Waals surface area contributed by atoms with E-state index in [2.05, 4.69) is 28.3 Å². The number of hydrogen-bond acceptors (Lipinski definition) is 3. The standard InChI is InChI=1S/C13H24N4/c1-4-17-9-5-6-11(10-14-2)13(17)12-7-8-15-16(12)3/h7-8,11,13-14H,4-6,9-10H2,1-3H3. The Morgan fingerprint density at radius 1 is 1.53 bits per heavy atom. The van der Waals surface area contributed by atoms with Gasteiger partial charge in [-0.05, 0) is 51.5 Å². The van der Waals surface area contributed by atoms with Gasteiger partial charge in [0.15, 0.2) is 0 Å². The van der Waals surface area contributed by atoms with Crippen molar-refractivity contribution >= 4 is 0 Å². The number of piperidine rings is 1. The molecule has 2 atom stereocenters. The van der Waals surface area contributed by atoms with Gasteiger partial charge in [0.05, 0.1) is 11.7 Å². The molecule has 1 aromatic heterocycles. The molecule has 0 aromatic carbocycles. The predicted octanol–water partition coefficient (Wildman–Crippen LogP) is 1.41. The summed E-state index contributed by atoms with van der Waals surface area (Å²) in [6, 6.07) is 2.69. The minimum atomic E-state index is 0.522. The van der Waals surface area contributed by atoms with E-state index in [0.717, 1.165) is 13.1 Å². The van der Waals surface area contributed by atoms with Crippen LogP contribution in [0.3, 0.4) is 0 Å². The van der Waals surface area contributed by atoms with Crippen molar-refractivity contribution in [3.63, 3.8) is 0 Å². The van der Waals surface area contributed by atoms with Crippen molar-refractivity contribution in [2.45, 2.75) is 25.8 Å². The van der Waals surface area contributed by atoms with Crippen LogP contribution in [-0.4, -0.2) is 41.4 Å². The SMILES string of the molecule is CCN1CCCC(CNC)C1c1ccnn1C. The highest BCUT2D eigenvalue weighted by Crippen LogP contribution is 2.35. The highest BCUT2D eigenvalue weighted by atomic mass is 15.3. The smallest absolute Gasteiger partial charge is 0.0557 e. The third kappa shape index (κ3) is 2.53. The molecule has 2 rings (SSSR count). The zero-order valence-electron chi connectivity index (χ0n) is 11.2. The summed E-state index contributed by atoms with van der Waals surface area (Å²) in [4.78, 5) is 2.59. The first-order chi connectivity index (χ1) is 8.27. The van der Waals surface area contributed by atoms with Crippen LogP contribution in [0.25, 0.3) is 0 Å². The molecule has 96 valence electrons. The topological polar surface area (TPSA) is 33.1 Å². The largest absolute Gasteiger partial charge is 0.319 e. The van der Waals surface area contributed by atoms with Crippen LogP contribution in [0.4, 0.5) is 0 Å². The molecule has 0 saturated carbocycles. The van der Waals surface area contributed by atoms with Crippen molar-refractivity contribution in [1.82, 2.24) is 20.0 Å². The average Bonchev–Trinajstić information content (AvgIpc) is 2.75. The van der Waals surface area contributed by atoms with E-state index >= 15 is 0 Å². The monoisotopic (exact) mass is 236 g/mol. The molecule has 17 heavy (non-hydrogen) atoms. The van der Waals surface area contributed by atoms with Crippen molar-refractivity contribution in [3.8, 4) is 0 Å². The van der Waals surface area contributed by atoms with E-state index in [1.807, 2.05) is 25.0 Å². The van der Waals surface area contributed by atoms with E-state index in [-0.39, 0.29) is 0 Å². The fourth-order valence-electron chi connectivity index (χ4n) is 3.09. The molecule has 2 unspecified atom stereocenters. The van der Waals surface area contributed by atoms with Gasteiger partial charge in [0.1, 0.15) is 0 Å². The second-order valence-electron chi connectivity index (χ2n) is 4.91. The van der Waals surface area contributed by atoms with Gasteiger partial charge in [-0.25, -0.2) is 0 Å². The number of nitrogens with zero attached hydrogens (tertiary/aromatic N) is 3. The van der Waals surface area contributed by atoms with Gasteiger partial charge in [-0.15, -0.1) is 0 Å². The summed E-state index contributed by atoms with van der Waals surface area (Å²) in [7, 11) is 4.10. The minimum Gasteiger partial charge on any atom is -0.319 e. The average molecular weight is 236 g/mol. The molecule has 0 radical (unpaired) electrons. The Morgan fingerprint density at radius 2 is 2.35 bits per heavy atom. The van der Waals surface area contributed by atoms with Crippen LogP contribution in [0.2, 0.25) is 0 Å². The summed E-state index contributed by atoms with van der Waals surface area (Å²) in [5.41, 5.74) is 1.35. The fraction of sp³-hybridized carbons (Fsp3) is 0.769. The van der Waals surface area contributed by atoms with Crippen molar-refractivity contribution in [2.24, 2.45) is 13.0 Å². The lowest BCUT2D eigenvalue weighted by molar-refractivity contribution is 0.0922. The highest BCUT2D eigenvalue weighted by molar-refractivity contribution is 5.10. The van der Waals surface area contributed by atoms with Crippen LogP contribution in [0.5, 0.6) is 0 Å². The summed E-state index contributed by atoms with van der Waals surface area (Å²) in [5, 5.41) is 7.66. The van der Waals surface area contributed by atoms with E-state index in [1.54, 1.807) is 0 Å². The van der Waals surface area contributed by atoms with Gasteiger partial charge >= 0.3 is 0 Å². The second kappa shape index (κ2) is 5.65. The first-order valence-electron chi connectivity index (χ1n) is 6.64. The molecule has 2 heterocycles. The van der Waals surface area contributed by atoms with Crippen LogP contribution in [0, 0.1) is 5.92 Å². The lowest BCUT2D eigenvalue weighted by atomic mass is 9.87. The highest BCUT2D eigenvalue weighted by Gasteiger charge is 2.32. The van der Waals surface area contributed by atoms with Gasteiger partial charge in [0, 0.05) is 13.2 Å². The van der Waals surface area contributed by atoms with Crippen LogP contribution in [0.15, 0.2) is 12.3 Å². The molecule has 1 aromatic rings. The molecule has 0 spiro atoms. The summed E-state index contributed by atoms with van der Waals surface area (Å²) < 4.78 is 2.03. The van der Waals surface area contributed by atoms with E-state index in [0.29, 0.717) is 12.0 Å². The maximum Gasteiger partial charge on any atom is 0.0557 e. The minimum absolute atomic E-state index is 0.522. The predicted molar refractivity (Wildman–Crippen MR) is 69.8 cm³/mol. The van der Waals surface area contributed by atoms with Gasteiger partial charge in [-0.3, -0.25) is 9.58 Å². The number of nitrogens with one attached hydrogen (secondary N) is 1. The van der Waals surface area contributed by atoms with Crippen molar-refractivity contribution in [3.05, 3.63) is 18.0 Å². The normalized spacial score (nSPS) is 26.3. The third-order valence-corrected chi connectivity index (χ3v) is 3.89. The van der Waals surface area contributed by atoms with Crippen LogP contribution in [-0.2, 0) is 7.05 Å². The molecule has 0 bridgehead atoms. The Balaban J connectivity index is 2.25. The second-order valence-corrected chi connectivity index (χ2v) is 4.91. The number of likely N-dealkylation sites (tertiary alicyclic amines) is 1. The number of aromatic nitrogens is 2. The zero-order chi connectivity index (χ0) is 12.3. The third-order valence-electron chi connectivity index (χ3n) is 3.89. The summed E-state index contributed by atoms with van der Waals surface area (Å²) in [6.45, 7) is 5.68. The summed E-state index contributed by atoms with van der Waals surface area (Å²) >= 11 is 0. The number of aryl methyl sites for hydroxylation is 1. The maximum absolute atomic E-state index is 4.32. The molecule has 1 aliphatic heterocycles. The molecule has 0 amide bonds. The fourth-order valence-corrected chi connectivity index (χ4v) is 3.09. The molecule has 4 nitrogen and oxygen atoms in total. The van der Waals surface area contributed by atoms with Crippen molar-refractivity contribution in [2.75, 3.05) is 26.7 Å². The van der Waals surface area contributed by atoms with Gasteiger partial charge in [0.2, 0.25) is 0 Å². The molecular formula is C13H24N4. The molecule has 1 saturated heterocycles. The summed E-state index contributed by atoms with van der Waals surface area (Å²) in [5.74, 6) is 0.698. The Hall–Kier alpha value is -0.870. The van der Waals surface area contributed by atoms with Crippen LogP contribution >= 0.6 is 0 Å². The van der Waals surface area contributed by atoms with Crippen molar-refractivity contribution in [1.29, 1.82) is 0 Å². The molecular weight excluding hydrogens is 212 g/mol. The first kappa shape index (κ1) is 12.6. The maximum atomic E-state index is 4.32. The van der Waals surface area contributed by atoms with Gasteiger partial charge in [0.25, 0.3) is 0 Å². The first-order valence-corrected chi connectivity index (χ1v) is 6.64. The Kier molecular flexibility index (Phi) is 4.18. The number of rotatable bonds is 4. The Labute approximate surface area is 104 Å². The molecule has 1 aliphatic rings. The number of hydrogen-bond donors (Lipinski definition) is 1. The quantitative estimate of drug-likeness (QED) is 0.858. The van der Waals surface area contributed by atoms with E-state index in [4.69, 9.17) is 0 Å².